The van der Waals surface area contributed by atoms with Crippen LogP contribution in [0.15, 0.2) is 156 Å². The summed E-state index contributed by atoms with van der Waals surface area (Å²) in [4.78, 5) is 9.52. The van der Waals surface area contributed by atoms with E-state index in [0.29, 0.717) is 5.92 Å². The zero-order valence-corrected chi connectivity index (χ0v) is 40.6. The fourth-order valence-corrected chi connectivity index (χ4v) is 10.4. The van der Waals surface area contributed by atoms with Crippen LogP contribution in [0.4, 0.5) is 0 Å². The van der Waals surface area contributed by atoms with Crippen molar-refractivity contribution in [3.05, 3.63) is 197 Å². The molecule has 0 fully saturated rings. The molecule has 9 rings (SSSR count). The van der Waals surface area contributed by atoms with Crippen molar-refractivity contribution in [2.24, 2.45) is 0 Å². The summed E-state index contributed by atoms with van der Waals surface area (Å²) < 4.78 is 6.25. The van der Waals surface area contributed by atoms with Gasteiger partial charge in [-0.25, -0.2) is 0 Å². The Kier molecular flexibility index (Phi) is 13.4. The minimum absolute atomic E-state index is 0. The first-order valence-electron chi connectivity index (χ1n) is 21.4. The van der Waals surface area contributed by atoms with Gasteiger partial charge in [-0.05, 0) is 94.3 Å². The molecule has 0 aliphatic carbocycles. The Morgan fingerprint density at radius 2 is 1.27 bits per heavy atom. The van der Waals surface area contributed by atoms with Crippen LogP contribution in [-0.2, 0) is 20.1 Å². The van der Waals surface area contributed by atoms with Crippen LogP contribution in [0.5, 0.6) is 0 Å². The van der Waals surface area contributed by atoms with Crippen molar-refractivity contribution in [1.29, 1.82) is 0 Å². The predicted octanol–water partition coefficient (Wildman–Crippen LogP) is 15.1. The summed E-state index contributed by atoms with van der Waals surface area (Å²) in [5.74, 6) is 0.748. The van der Waals surface area contributed by atoms with Crippen molar-refractivity contribution in [2.75, 3.05) is 0 Å². The summed E-state index contributed by atoms with van der Waals surface area (Å²) in [6.45, 7) is 20.5. The van der Waals surface area contributed by atoms with Gasteiger partial charge in [0.15, 0.2) is 0 Å². The summed E-state index contributed by atoms with van der Waals surface area (Å²) in [6.07, 6.45) is 4.01. The van der Waals surface area contributed by atoms with Crippen molar-refractivity contribution < 1.29 is 24.5 Å². The zero-order chi connectivity index (χ0) is 42.8. The van der Waals surface area contributed by atoms with Crippen LogP contribution in [0.2, 0.25) is 19.6 Å². The molecule has 0 bridgehead atoms. The molecule has 3 heterocycles. The maximum atomic E-state index is 6.25. The van der Waals surface area contributed by atoms with E-state index in [4.69, 9.17) is 14.4 Å². The Morgan fingerprint density at radius 3 is 1.97 bits per heavy atom. The molecule has 1 radical (unpaired) electrons. The van der Waals surface area contributed by atoms with E-state index in [-0.39, 0.29) is 26.0 Å². The van der Waals surface area contributed by atoms with E-state index < -0.39 is 8.07 Å². The fraction of sp³-hybridized carbons (Fsp3) is 0.193. The molecule has 9 aromatic rings. The summed E-state index contributed by atoms with van der Waals surface area (Å²) >= 11 is 0. The predicted molar refractivity (Wildman–Crippen MR) is 260 cm³/mol. The summed E-state index contributed by atoms with van der Waals surface area (Å²) in [5, 5.41) is 3.73. The van der Waals surface area contributed by atoms with Gasteiger partial charge in [0.25, 0.3) is 0 Å². The van der Waals surface area contributed by atoms with Crippen LogP contribution in [-0.4, -0.2) is 18.0 Å². The van der Waals surface area contributed by atoms with Crippen molar-refractivity contribution in [3.8, 4) is 44.8 Å². The van der Waals surface area contributed by atoms with Gasteiger partial charge in [0.2, 0.25) is 0 Å². The van der Waals surface area contributed by atoms with Crippen LogP contribution in [0, 0.1) is 32.9 Å². The van der Waals surface area contributed by atoms with Gasteiger partial charge in [0.1, 0.15) is 5.58 Å². The number of pyridine rings is 2. The molecule has 0 N–H and O–H groups in total. The molecule has 0 amide bonds. The molecule has 1 atom stereocenters. The van der Waals surface area contributed by atoms with E-state index in [1.807, 2.05) is 24.4 Å². The Labute approximate surface area is 382 Å². The number of aromatic nitrogens is 2. The Hall–Kier alpha value is -5.71. The first-order valence-corrected chi connectivity index (χ1v) is 24.9. The van der Waals surface area contributed by atoms with Gasteiger partial charge in [0.05, 0.1) is 13.7 Å². The number of benzene rings is 6. The maximum absolute atomic E-state index is 6.25. The largest absolute Gasteiger partial charge is 0.500 e. The van der Waals surface area contributed by atoms with E-state index in [0.717, 1.165) is 39.1 Å². The van der Waals surface area contributed by atoms with E-state index >= 15 is 0 Å². The van der Waals surface area contributed by atoms with Crippen molar-refractivity contribution in [3.63, 3.8) is 0 Å². The number of nitrogens with zero attached hydrogens (tertiary/aromatic N) is 2. The quantitative estimate of drug-likeness (QED) is 0.112. The second-order valence-electron chi connectivity index (χ2n) is 17.7. The molecule has 0 saturated heterocycles. The average Bonchev–Trinajstić information content (AvgIpc) is 3.65. The number of furan rings is 1. The number of hydrogen-bond acceptors (Lipinski definition) is 3. The van der Waals surface area contributed by atoms with E-state index in [9.17, 15) is 0 Å². The van der Waals surface area contributed by atoms with Crippen LogP contribution in [0.3, 0.4) is 0 Å². The Balaban J connectivity index is 0.000000196. The molecule has 5 heteroatoms. The second kappa shape index (κ2) is 18.7. The second-order valence-corrected chi connectivity index (χ2v) is 22.7. The van der Waals surface area contributed by atoms with Crippen molar-refractivity contribution in [1.82, 2.24) is 9.97 Å². The van der Waals surface area contributed by atoms with Crippen LogP contribution >= 0.6 is 0 Å². The molecule has 3 aromatic heterocycles. The molecule has 1 unspecified atom stereocenters. The van der Waals surface area contributed by atoms with Crippen LogP contribution < -0.4 is 5.19 Å². The van der Waals surface area contributed by atoms with Gasteiger partial charge in [-0.3, -0.25) is 0 Å². The molecule has 0 aliphatic heterocycles. The number of fused-ring (bicyclic) bond motifs is 3. The maximum Gasteiger partial charge on any atom is 0.121 e. The fourth-order valence-electron chi connectivity index (χ4n) is 8.74. The van der Waals surface area contributed by atoms with E-state index in [2.05, 4.69) is 201 Å². The smallest absolute Gasteiger partial charge is 0.121 e. The van der Waals surface area contributed by atoms with Crippen molar-refractivity contribution >= 4 is 35.2 Å². The normalized spacial score (nSPS) is 11.9. The monoisotopic (exact) mass is 1000 g/mol. The SMILES string of the molecule is CC(C)c1cc(-c2[c-]ccc(-c3ccccc3)c2)ncc1[Si](C)(C)C.Cc1cc(C)c(-c2ccnc(-c3[c-]cc4oc5cccc(C(C)c6ccccc6)c5c4c3)c2)c(C)c1.[Ir]. The van der Waals surface area contributed by atoms with Crippen LogP contribution in [0.25, 0.3) is 66.7 Å². The van der Waals surface area contributed by atoms with Gasteiger partial charge in [-0.2, -0.15) is 0 Å². The van der Waals surface area contributed by atoms with Gasteiger partial charge >= 0.3 is 0 Å². The first-order chi connectivity index (χ1) is 29.4. The topological polar surface area (TPSA) is 38.9 Å². The number of aryl methyl sites for hydroxylation is 3. The summed E-state index contributed by atoms with van der Waals surface area (Å²) in [6, 6.07) is 55.7. The van der Waals surface area contributed by atoms with E-state index in [1.165, 1.54) is 66.2 Å². The Bertz CT molecular complexity index is 2960. The number of hydrogen-bond donors (Lipinski definition) is 0. The average molecular weight is 1000 g/mol. The minimum atomic E-state index is -1.40. The third-order valence-electron chi connectivity index (χ3n) is 11.8. The van der Waals surface area contributed by atoms with Gasteiger partial charge in [-0.15, -0.1) is 59.2 Å². The third kappa shape index (κ3) is 9.37. The van der Waals surface area contributed by atoms with Gasteiger partial charge < -0.3 is 14.4 Å². The van der Waals surface area contributed by atoms with Gasteiger partial charge in [-0.1, -0.05) is 154 Å². The molecule has 3 nitrogen and oxygen atoms in total. The van der Waals surface area contributed by atoms with Crippen LogP contribution in [0.1, 0.15) is 66.0 Å². The molecular weight excluding hydrogens is 949 g/mol. The van der Waals surface area contributed by atoms with E-state index in [1.54, 1.807) is 0 Å². The van der Waals surface area contributed by atoms with Gasteiger partial charge in [0, 0.05) is 43.8 Å². The standard InChI is InChI=1S/C34H28NO.C23H26NSi.Ir/c1-21-17-22(2)33(23(3)18-21)27-15-16-35-30(20-27)26-13-14-31-29(19-26)34-28(11-8-12-32(34)36-31)24(4)25-9-6-5-7-10-25;1-17(2)21-15-22(24-16-23(21)25(3,4)5)20-13-9-12-19(14-20)18-10-7-6-8-11-18;/h5-12,14-20,24H,1-4H3;6-12,14-17H,1-5H3;/q2*-1;. The molecular formula is C57H54IrN2OSi-2. The molecule has 313 valence electrons. The first kappa shape index (κ1) is 44.3. The number of rotatable bonds is 8. The van der Waals surface area contributed by atoms with Crippen molar-refractivity contribution in [2.45, 2.75) is 73.0 Å². The Morgan fingerprint density at radius 1 is 0.597 bits per heavy atom. The zero-order valence-electron chi connectivity index (χ0n) is 37.2. The minimum Gasteiger partial charge on any atom is -0.500 e. The molecule has 0 aliphatic rings. The molecule has 0 saturated carbocycles. The molecule has 62 heavy (non-hydrogen) atoms. The third-order valence-corrected chi connectivity index (χ3v) is 13.8. The summed E-state index contributed by atoms with van der Waals surface area (Å²) in [5.41, 5.74) is 18.4. The molecule has 0 spiro atoms. The molecule has 6 aromatic carbocycles. The summed E-state index contributed by atoms with van der Waals surface area (Å²) in [7, 11) is -1.40.